The zero-order chi connectivity index (χ0) is 15.7. The predicted octanol–water partition coefficient (Wildman–Crippen LogP) is 3.19. The van der Waals surface area contributed by atoms with Crippen LogP contribution in [0.25, 0.3) is 22.0 Å². The standard InChI is InChI=1S/C18H17N3O/c1-11-8-9-15-14(10-11)17(13-6-4-3-5-7-13)16(12(2)21-19)18(22)20-15/h3-10H,19H2,1-2H3,(H,20,22)/b21-12-. The van der Waals surface area contributed by atoms with E-state index in [2.05, 4.69) is 16.2 Å². The minimum atomic E-state index is -0.179. The summed E-state index contributed by atoms with van der Waals surface area (Å²) in [5, 5.41) is 4.72. The minimum absolute atomic E-state index is 0.179. The van der Waals surface area contributed by atoms with Crippen LogP contribution < -0.4 is 11.4 Å². The van der Waals surface area contributed by atoms with Gasteiger partial charge in [0.05, 0.1) is 11.3 Å². The molecule has 0 radical (unpaired) electrons. The molecule has 0 bridgehead atoms. The number of pyridine rings is 1. The number of nitrogens with two attached hydrogens (primary N) is 1. The predicted molar refractivity (Wildman–Crippen MR) is 91.1 cm³/mol. The SMILES string of the molecule is C/C(=N/N)c1c(-c2ccccc2)c2cc(C)ccc2[nH]c1=O. The van der Waals surface area contributed by atoms with Crippen LogP contribution in [0.2, 0.25) is 0 Å². The molecule has 3 N–H and O–H groups in total. The lowest BCUT2D eigenvalue weighted by molar-refractivity contribution is 1.22. The van der Waals surface area contributed by atoms with E-state index in [1.807, 2.05) is 49.4 Å². The third kappa shape index (κ3) is 2.29. The number of hydrogen-bond donors (Lipinski definition) is 2. The van der Waals surface area contributed by atoms with Crippen LogP contribution in [-0.4, -0.2) is 10.7 Å². The second-order valence-electron chi connectivity index (χ2n) is 5.33. The van der Waals surface area contributed by atoms with E-state index in [9.17, 15) is 4.79 Å². The fourth-order valence-electron chi connectivity index (χ4n) is 2.72. The summed E-state index contributed by atoms with van der Waals surface area (Å²) in [6.07, 6.45) is 0. The van der Waals surface area contributed by atoms with E-state index in [4.69, 9.17) is 5.84 Å². The fourth-order valence-corrected chi connectivity index (χ4v) is 2.72. The van der Waals surface area contributed by atoms with E-state index < -0.39 is 0 Å². The molecule has 0 aliphatic rings. The van der Waals surface area contributed by atoms with Crippen molar-refractivity contribution in [1.82, 2.24) is 4.98 Å². The quantitative estimate of drug-likeness (QED) is 0.432. The summed E-state index contributed by atoms with van der Waals surface area (Å²) in [5.41, 5.74) is 4.64. The highest BCUT2D eigenvalue weighted by molar-refractivity contribution is 6.10. The molecule has 0 spiro atoms. The van der Waals surface area contributed by atoms with E-state index in [1.54, 1.807) is 6.92 Å². The zero-order valence-corrected chi connectivity index (χ0v) is 12.6. The molecule has 0 unspecified atom stereocenters. The Hall–Kier alpha value is -2.88. The second kappa shape index (κ2) is 5.48. The fraction of sp³-hybridized carbons (Fsp3) is 0.111. The summed E-state index contributed by atoms with van der Waals surface area (Å²) in [7, 11) is 0. The number of fused-ring (bicyclic) bond motifs is 1. The average Bonchev–Trinajstić information content (AvgIpc) is 2.54. The van der Waals surface area contributed by atoms with Gasteiger partial charge in [-0.3, -0.25) is 4.79 Å². The van der Waals surface area contributed by atoms with Crippen molar-refractivity contribution in [1.29, 1.82) is 0 Å². The maximum atomic E-state index is 12.5. The van der Waals surface area contributed by atoms with Crippen LogP contribution in [0, 0.1) is 6.92 Å². The molecular weight excluding hydrogens is 274 g/mol. The number of nitrogens with zero attached hydrogens (tertiary/aromatic N) is 1. The van der Waals surface area contributed by atoms with Crippen molar-refractivity contribution in [2.75, 3.05) is 0 Å². The van der Waals surface area contributed by atoms with E-state index in [-0.39, 0.29) is 5.56 Å². The summed E-state index contributed by atoms with van der Waals surface area (Å²) in [6, 6.07) is 15.8. The molecule has 3 rings (SSSR count). The van der Waals surface area contributed by atoms with Crippen LogP contribution in [0.1, 0.15) is 18.1 Å². The first-order chi connectivity index (χ1) is 10.6. The Balaban J connectivity index is 2.53. The summed E-state index contributed by atoms with van der Waals surface area (Å²) in [4.78, 5) is 15.4. The van der Waals surface area contributed by atoms with Crippen molar-refractivity contribution in [2.24, 2.45) is 10.9 Å². The molecule has 0 amide bonds. The maximum absolute atomic E-state index is 12.5. The molecule has 22 heavy (non-hydrogen) atoms. The van der Waals surface area contributed by atoms with E-state index in [0.29, 0.717) is 11.3 Å². The van der Waals surface area contributed by atoms with Gasteiger partial charge in [-0.15, -0.1) is 0 Å². The molecule has 0 saturated carbocycles. The Morgan fingerprint density at radius 2 is 1.86 bits per heavy atom. The Labute approximate surface area is 128 Å². The van der Waals surface area contributed by atoms with Crippen molar-refractivity contribution < 1.29 is 0 Å². The second-order valence-corrected chi connectivity index (χ2v) is 5.33. The molecule has 110 valence electrons. The van der Waals surface area contributed by atoms with Gasteiger partial charge in [0.2, 0.25) is 0 Å². The van der Waals surface area contributed by atoms with Gasteiger partial charge in [-0.05, 0) is 31.5 Å². The zero-order valence-electron chi connectivity index (χ0n) is 12.6. The van der Waals surface area contributed by atoms with Crippen LogP contribution in [0.4, 0.5) is 0 Å². The topological polar surface area (TPSA) is 71.2 Å². The number of hydrogen-bond acceptors (Lipinski definition) is 3. The highest BCUT2D eigenvalue weighted by Gasteiger charge is 2.16. The molecule has 3 aromatic rings. The third-order valence-electron chi connectivity index (χ3n) is 3.79. The largest absolute Gasteiger partial charge is 0.323 e. The summed E-state index contributed by atoms with van der Waals surface area (Å²) in [5.74, 6) is 5.43. The minimum Gasteiger partial charge on any atom is -0.323 e. The molecule has 2 aromatic carbocycles. The van der Waals surface area contributed by atoms with Gasteiger partial charge in [0.25, 0.3) is 5.56 Å². The number of nitrogens with one attached hydrogen (secondary N) is 1. The molecular formula is C18H17N3O. The van der Waals surface area contributed by atoms with E-state index >= 15 is 0 Å². The van der Waals surface area contributed by atoms with Crippen molar-refractivity contribution in [3.8, 4) is 11.1 Å². The summed E-state index contributed by atoms with van der Waals surface area (Å²) < 4.78 is 0. The average molecular weight is 291 g/mol. The molecule has 0 fully saturated rings. The lowest BCUT2D eigenvalue weighted by atomic mass is 9.93. The van der Waals surface area contributed by atoms with Crippen molar-refractivity contribution in [3.05, 3.63) is 70.0 Å². The van der Waals surface area contributed by atoms with Gasteiger partial charge in [0.15, 0.2) is 0 Å². The first kappa shape index (κ1) is 14.1. The van der Waals surface area contributed by atoms with Crippen LogP contribution >= 0.6 is 0 Å². The third-order valence-corrected chi connectivity index (χ3v) is 3.79. The van der Waals surface area contributed by atoms with Gasteiger partial charge >= 0.3 is 0 Å². The first-order valence-corrected chi connectivity index (χ1v) is 7.08. The molecule has 0 aliphatic heterocycles. The van der Waals surface area contributed by atoms with Gasteiger partial charge < -0.3 is 10.8 Å². The summed E-state index contributed by atoms with van der Waals surface area (Å²) in [6.45, 7) is 3.78. The highest BCUT2D eigenvalue weighted by atomic mass is 16.1. The number of benzene rings is 2. The summed E-state index contributed by atoms with van der Waals surface area (Å²) >= 11 is 0. The van der Waals surface area contributed by atoms with E-state index in [1.165, 1.54) is 0 Å². The Morgan fingerprint density at radius 3 is 2.55 bits per heavy atom. The molecule has 0 atom stereocenters. The molecule has 1 heterocycles. The van der Waals surface area contributed by atoms with Gasteiger partial charge in [-0.1, -0.05) is 42.0 Å². The number of H-pyrrole nitrogens is 1. The number of rotatable bonds is 2. The van der Waals surface area contributed by atoms with Gasteiger partial charge in [0, 0.05) is 16.5 Å². The Bertz CT molecular complexity index is 924. The van der Waals surface area contributed by atoms with Gasteiger partial charge in [0.1, 0.15) is 0 Å². The molecule has 1 aromatic heterocycles. The lowest BCUT2D eigenvalue weighted by Crippen LogP contribution is -2.19. The molecule has 4 nitrogen and oxygen atoms in total. The molecule has 0 aliphatic carbocycles. The van der Waals surface area contributed by atoms with Crippen molar-refractivity contribution >= 4 is 16.6 Å². The number of aryl methyl sites for hydroxylation is 1. The number of hydrazone groups is 1. The monoisotopic (exact) mass is 291 g/mol. The van der Waals surface area contributed by atoms with Gasteiger partial charge in [-0.25, -0.2) is 0 Å². The van der Waals surface area contributed by atoms with Crippen molar-refractivity contribution in [3.63, 3.8) is 0 Å². The number of aromatic nitrogens is 1. The maximum Gasteiger partial charge on any atom is 0.258 e. The Morgan fingerprint density at radius 1 is 1.14 bits per heavy atom. The van der Waals surface area contributed by atoms with E-state index in [0.717, 1.165) is 27.6 Å². The van der Waals surface area contributed by atoms with Gasteiger partial charge in [-0.2, -0.15) is 5.10 Å². The van der Waals surface area contributed by atoms with Crippen LogP contribution in [0.15, 0.2) is 58.4 Å². The smallest absolute Gasteiger partial charge is 0.258 e. The van der Waals surface area contributed by atoms with Crippen molar-refractivity contribution in [2.45, 2.75) is 13.8 Å². The highest BCUT2D eigenvalue weighted by Crippen LogP contribution is 2.30. The lowest BCUT2D eigenvalue weighted by Gasteiger charge is -2.13. The molecule has 0 saturated heterocycles. The van der Waals surface area contributed by atoms with Crippen LogP contribution in [0.5, 0.6) is 0 Å². The van der Waals surface area contributed by atoms with Crippen LogP contribution in [-0.2, 0) is 0 Å². The Kier molecular flexibility index (Phi) is 3.51. The van der Waals surface area contributed by atoms with Crippen LogP contribution in [0.3, 0.4) is 0 Å². The number of aromatic amines is 1. The normalized spacial score (nSPS) is 11.8. The molecule has 4 heteroatoms. The first-order valence-electron chi connectivity index (χ1n) is 7.08.